The summed E-state index contributed by atoms with van der Waals surface area (Å²) in [5, 5.41) is 10.1. The molecule has 0 bridgehead atoms. The summed E-state index contributed by atoms with van der Waals surface area (Å²) in [5.41, 5.74) is 0.653. The van der Waals surface area contributed by atoms with E-state index in [1.54, 1.807) is 25.1 Å². The first-order valence-corrected chi connectivity index (χ1v) is 8.36. The molecule has 0 fully saturated rings. The fraction of sp³-hybridized carbons (Fsp3) is 0.200. The molecule has 1 atom stereocenters. The first-order chi connectivity index (χ1) is 10.3. The lowest BCUT2D eigenvalue weighted by Crippen LogP contribution is -2.29. The van der Waals surface area contributed by atoms with Gasteiger partial charge in [0.1, 0.15) is 10.7 Å². The molecule has 0 saturated heterocycles. The van der Waals surface area contributed by atoms with Crippen LogP contribution in [0, 0.1) is 12.7 Å². The molecule has 0 aliphatic carbocycles. The Morgan fingerprint density at radius 3 is 2.59 bits per heavy atom. The second-order valence-corrected chi connectivity index (χ2v) is 6.89. The molecular weight excluding hydrogens is 329 g/mol. The van der Waals surface area contributed by atoms with E-state index in [0.717, 1.165) is 0 Å². The quantitative estimate of drug-likeness (QED) is 0.877. The fourth-order valence-electron chi connectivity index (χ4n) is 1.95. The summed E-state index contributed by atoms with van der Waals surface area (Å²) < 4.78 is 40.2. The second kappa shape index (κ2) is 6.75. The summed E-state index contributed by atoms with van der Waals surface area (Å²) in [4.78, 5) is -0.0742. The van der Waals surface area contributed by atoms with Crippen molar-refractivity contribution in [2.75, 3.05) is 6.54 Å². The smallest absolute Gasteiger partial charge is 0.242 e. The Morgan fingerprint density at radius 2 is 1.91 bits per heavy atom. The largest absolute Gasteiger partial charge is 0.387 e. The minimum absolute atomic E-state index is 0.0283. The van der Waals surface area contributed by atoms with Gasteiger partial charge in [0, 0.05) is 12.1 Å². The van der Waals surface area contributed by atoms with Crippen molar-refractivity contribution in [2.45, 2.75) is 17.9 Å². The van der Waals surface area contributed by atoms with Crippen LogP contribution in [0.25, 0.3) is 0 Å². The van der Waals surface area contributed by atoms with Crippen LogP contribution in [0.2, 0.25) is 5.02 Å². The fourth-order valence-corrected chi connectivity index (χ4v) is 3.57. The van der Waals surface area contributed by atoms with E-state index in [2.05, 4.69) is 4.72 Å². The summed E-state index contributed by atoms with van der Waals surface area (Å²) in [6.07, 6.45) is -1.29. The lowest BCUT2D eigenvalue weighted by Gasteiger charge is -2.14. The molecule has 1 unspecified atom stereocenters. The number of hydrogen-bond acceptors (Lipinski definition) is 3. The van der Waals surface area contributed by atoms with E-state index in [-0.39, 0.29) is 22.0 Å². The van der Waals surface area contributed by atoms with Gasteiger partial charge < -0.3 is 5.11 Å². The molecule has 2 aromatic rings. The average molecular weight is 344 g/mol. The highest BCUT2D eigenvalue weighted by atomic mass is 35.5. The maximum absolute atomic E-state index is 13.5. The first kappa shape index (κ1) is 16.9. The van der Waals surface area contributed by atoms with Gasteiger partial charge in [0.2, 0.25) is 10.0 Å². The second-order valence-electron chi connectivity index (χ2n) is 4.78. The molecule has 7 heteroatoms. The third kappa shape index (κ3) is 3.64. The van der Waals surface area contributed by atoms with Crippen molar-refractivity contribution in [1.29, 1.82) is 0 Å². The summed E-state index contributed by atoms with van der Waals surface area (Å²) in [6, 6.07) is 10.3. The molecule has 2 aromatic carbocycles. The monoisotopic (exact) mass is 343 g/mol. The Kier molecular flexibility index (Phi) is 5.18. The molecule has 2 rings (SSSR count). The maximum Gasteiger partial charge on any atom is 0.242 e. The molecule has 0 aromatic heterocycles. The molecule has 0 heterocycles. The van der Waals surface area contributed by atoms with Gasteiger partial charge in [0.25, 0.3) is 0 Å². The van der Waals surface area contributed by atoms with Gasteiger partial charge in [0.15, 0.2) is 0 Å². The van der Waals surface area contributed by atoms with Gasteiger partial charge in [-0.1, -0.05) is 41.9 Å². The highest BCUT2D eigenvalue weighted by Gasteiger charge is 2.21. The van der Waals surface area contributed by atoms with E-state index in [1.165, 1.54) is 24.3 Å². The number of aryl methyl sites for hydroxylation is 1. The van der Waals surface area contributed by atoms with Gasteiger partial charge in [-0.05, 0) is 24.6 Å². The van der Waals surface area contributed by atoms with Crippen molar-refractivity contribution in [3.8, 4) is 0 Å². The van der Waals surface area contributed by atoms with Crippen molar-refractivity contribution >= 4 is 21.6 Å². The SMILES string of the molecule is Cc1cccc(S(=O)(=O)NCC(O)c2ccccc2F)c1Cl. The van der Waals surface area contributed by atoms with Crippen molar-refractivity contribution in [1.82, 2.24) is 4.72 Å². The first-order valence-electron chi connectivity index (χ1n) is 6.50. The Morgan fingerprint density at radius 1 is 1.23 bits per heavy atom. The van der Waals surface area contributed by atoms with Gasteiger partial charge in [-0.25, -0.2) is 17.5 Å². The number of aliphatic hydroxyl groups is 1. The van der Waals surface area contributed by atoms with Crippen molar-refractivity contribution in [3.05, 3.63) is 64.4 Å². The van der Waals surface area contributed by atoms with Crippen molar-refractivity contribution < 1.29 is 17.9 Å². The maximum atomic E-state index is 13.5. The number of hydrogen-bond donors (Lipinski definition) is 2. The molecule has 0 aliphatic rings. The van der Waals surface area contributed by atoms with Gasteiger partial charge in [-0.15, -0.1) is 0 Å². The molecule has 0 radical (unpaired) electrons. The number of nitrogens with one attached hydrogen (secondary N) is 1. The zero-order valence-electron chi connectivity index (χ0n) is 11.8. The molecule has 0 aliphatic heterocycles. The summed E-state index contributed by atoms with van der Waals surface area (Å²) >= 11 is 5.99. The topological polar surface area (TPSA) is 66.4 Å². The highest BCUT2D eigenvalue weighted by molar-refractivity contribution is 7.89. The lowest BCUT2D eigenvalue weighted by atomic mass is 10.1. The number of benzene rings is 2. The molecule has 0 amide bonds. The Balaban J connectivity index is 2.17. The van der Waals surface area contributed by atoms with Gasteiger partial charge in [-0.3, -0.25) is 0 Å². The molecular formula is C15H15ClFNO3S. The zero-order valence-corrected chi connectivity index (χ0v) is 13.3. The van der Waals surface area contributed by atoms with Gasteiger partial charge in [-0.2, -0.15) is 0 Å². The van der Waals surface area contributed by atoms with Crippen LogP contribution in [0.5, 0.6) is 0 Å². The van der Waals surface area contributed by atoms with E-state index in [1.807, 2.05) is 0 Å². The third-order valence-electron chi connectivity index (χ3n) is 3.18. The minimum atomic E-state index is -3.89. The van der Waals surface area contributed by atoms with E-state index < -0.39 is 21.9 Å². The van der Waals surface area contributed by atoms with Crippen LogP contribution in [0.4, 0.5) is 4.39 Å². The molecule has 22 heavy (non-hydrogen) atoms. The number of rotatable bonds is 5. The normalized spacial score (nSPS) is 13.1. The molecule has 2 N–H and O–H groups in total. The summed E-state index contributed by atoms with van der Waals surface area (Å²) in [6.45, 7) is 1.34. The van der Waals surface area contributed by atoms with Crippen LogP contribution in [0.15, 0.2) is 47.4 Å². The minimum Gasteiger partial charge on any atom is -0.387 e. The van der Waals surface area contributed by atoms with E-state index >= 15 is 0 Å². The summed E-state index contributed by atoms with van der Waals surface area (Å²) in [7, 11) is -3.89. The van der Waals surface area contributed by atoms with Crippen LogP contribution >= 0.6 is 11.6 Å². The number of halogens is 2. The molecule has 4 nitrogen and oxygen atoms in total. The number of sulfonamides is 1. The summed E-state index contributed by atoms with van der Waals surface area (Å²) in [5.74, 6) is -0.595. The predicted molar refractivity (Wildman–Crippen MR) is 82.7 cm³/mol. The van der Waals surface area contributed by atoms with E-state index in [9.17, 15) is 17.9 Å². The van der Waals surface area contributed by atoms with Crippen LogP contribution < -0.4 is 4.72 Å². The zero-order chi connectivity index (χ0) is 16.3. The average Bonchev–Trinajstić information content (AvgIpc) is 2.48. The molecule has 0 saturated carbocycles. The third-order valence-corrected chi connectivity index (χ3v) is 5.26. The predicted octanol–water partition coefficient (Wildman–Crippen LogP) is 2.80. The van der Waals surface area contributed by atoms with E-state index in [4.69, 9.17) is 11.6 Å². The van der Waals surface area contributed by atoms with Crippen molar-refractivity contribution in [3.63, 3.8) is 0 Å². The van der Waals surface area contributed by atoms with Crippen molar-refractivity contribution in [2.24, 2.45) is 0 Å². The highest BCUT2D eigenvalue weighted by Crippen LogP contribution is 2.25. The van der Waals surface area contributed by atoms with E-state index in [0.29, 0.717) is 5.56 Å². The van der Waals surface area contributed by atoms with Gasteiger partial charge >= 0.3 is 0 Å². The van der Waals surface area contributed by atoms with Gasteiger partial charge in [0.05, 0.1) is 11.1 Å². The van der Waals surface area contributed by atoms with Crippen LogP contribution in [0.3, 0.4) is 0 Å². The number of aliphatic hydroxyl groups excluding tert-OH is 1. The Hall–Kier alpha value is -1.47. The Labute approximate surface area is 133 Å². The standard InChI is InChI=1S/C15H15ClFNO3S/c1-10-5-4-8-14(15(10)16)22(20,21)18-9-13(19)11-6-2-3-7-12(11)17/h2-8,13,18-19H,9H2,1H3. The van der Waals surface area contributed by atoms with Crippen LogP contribution in [0.1, 0.15) is 17.2 Å². The Bertz CT molecular complexity index is 780. The van der Waals surface area contributed by atoms with Crippen LogP contribution in [-0.4, -0.2) is 20.1 Å². The van der Waals surface area contributed by atoms with Crippen LogP contribution in [-0.2, 0) is 10.0 Å². The lowest BCUT2D eigenvalue weighted by molar-refractivity contribution is 0.177. The molecule has 118 valence electrons. The molecule has 0 spiro atoms.